The van der Waals surface area contributed by atoms with Crippen LogP contribution >= 0.6 is 15.9 Å². The molecule has 0 amide bonds. The van der Waals surface area contributed by atoms with Crippen LogP contribution in [-0.4, -0.2) is 4.98 Å². The molecule has 0 saturated carbocycles. The van der Waals surface area contributed by atoms with Crippen LogP contribution in [0.4, 0.5) is 0 Å². The van der Waals surface area contributed by atoms with E-state index in [1.807, 2.05) is 12.1 Å². The molecule has 0 aliphatic heterocycles. The summed E-state index contributed by atoms with van der Waals surface area (Å²) in [6.07, 6.45) is 4.05. The molecule has 1 unspecified atom stereocenters. The van der Waals surface area contributed by atoms with Gasteiger partial charge in [0, 0.05) is 10.7 Å². The molecular formula is C15H18BrN3. The molecule has 4 heteroatoms. The van der Waals surface area contributed by atoms with Crippen LogP contribution in [0.2, 0.25) is 0 Å². The van der Waals surface area contributed by atoms with Crippen molar-refractivity contribution in [2.24, 2.45) is 5.84 Å². The van der Waals surface area contributed by atoms with Gasteiger partial charge in [-0.25, -0.2) is 5.43 Å². The van der Waals surface area contributed by atoms with Crippen LogP contribution in [0.5, 0.6) is 0 Å². The van der Waals surface area contributed by atoms with Gasteiger partial charge in [0.1, 0.15) is 0 Å². The number of benzene rings is 1. The molecule has 3 N–H and O–H groups in total. The van der Waals surface area contributed by atoms with E-state index in [1.54, 1.807) is 6.20 Å². The Morgan fingerprint density at radius 2 is 1.95 bits per heavy atom. The Morgan fingerprint density at radius 3 is 2.47 bits per heavy atom. The number of pyridine rings is 1. The Balaban J connectivity index is 2.23. The van der Waals surface area contributed by atoms with E-state index in [-0.39, 0.29) is 6.04 Å². The van der Waals surface area contributed by atoms with Crippen molar-refractivity contribution < 1.29 is 0 Å². The average Bonchev–Trinajstić information content (AvgIpc) is 2.44. The monoisotopic (exact) mass is 319 g/mol. The van der Waals surface area contributed by atoms with Gasteiger partial charge in [-0.3, -0.25) is 10.8 Å². The molecule has 0 radical (unpaired) electrons. The first-order valence-corrected chi connectivity index (χ1v) is 7.20. The van der Waals surface area contributed by atoms with Crippen LogP contribution in [0.15, 0.2) is 47.1 Å². The second-order valence-electron chi connectivity index (χ2n) is 4.49. The predicted molar refractivity (Wildman–Crippen MR) is 81.5 cm³/mol. The molecule has 0 saturated heterocycles. The van der Waals surface area contributed by atoms with E-state index in [9.17, 15) is 0 Å². The molecule has 0 aliphatic carbocycles. The first-order chi connectivity index (χ1) is 9.24. The zero-order valence-electron chi connectivity index (χ0n) is 10.9. The lowest BCUT2D eigenvalue weighted by atomic mass is 10.0. The van der Waals surface area contributed by atoms with Crippen molar-refractivity contribution in [2.75, 3.05) is 0 Å². The fraction of sp³-hybridized carbons (Fsp3) is 0.267. The number of halogens is 1. The van der Waals surface area contributed by atoms with Gasteiger partial charge in [0.15, 0.2) is 0 Å². The maximum atomic E-state index is 5.67. The zero-order chi connectivity index (χ0) is 13.7. The van der Waals surface area contributed by atoms with Gasteiger partial charge in [-0.2, -0.15) is 0 Å². The highest BCUT2D eigenvalue weighted by Gasteiger charge is 2.13. The van der Waals surface area contributed by atoms with E-state index in [0.29, 0.717) is 0 Å². The summed E-state index contributed by atoms with van der Waals surface area (Å²) in [5, 5.41) is 0. The zero-order valence-corrected chi connectivity index (χ0v) is 12.5. The van der Waals surface area contributed by atoms with E-state index in [4.69, 9.17) is 5.84 Å². The average molecular weight is 320 g/mol. The summed E-state index contributed by atoms with van der Waals surface area (Å²) in [7, 11) is 0. The molecular weight excluding hydrogens is 302 g/mol. The summed E-state index contributed by atoms with van der Waals surface area (Å²) in [6, 6.07) is 12.4. The first-order valence-electron chi connectivity index (χ1n) is 6.41. The molecule has 100 valence electrons. The Labute approximate surface area is 122 Å². The summed E-state index contributed by atoms with van der Waals surface area (Å²) in [5.74, 6) is 5.67. The van der Waals surface area contributed by atoms with Crippen LogP contribution in [0.1, 0.15) is 36.2 Å². The number of rotatable bonds is 5. The third kappa shape index (κ3) is 3.62. The Morgan fingerprint density at radius 1 is 1.21 bits per heavy atom. The minimum atomic E-state index is -0.0798. The van der Waals surface area contributed by atoms with Gasteiger partial charge in [0.2, 0.25) is 0 Å². The van der Waals surface area contributed by atoms with Crippen LogP contribution in [-0.2, 0) is 6.42 Å². The smallest absolute Gasteiger partial charge is 0.0881 e. The highest BCUT2D eigenvalue weighted by atomic mass is 79.9. The maximum absolute atomic E-state index is 5.67. The number of aryl methyl sites for hydroxylation is 1. The van der Waals surface area contributed by atoms with Crippen molar-refractivity contribution in [3.8, 4) is 0 Å². The number of hydrogen-bond acceptors (Lipinski definition) is 3. The summed E-state index contributed by atoms with van der Waals surface area (Å²) >= 11 is 3.39. The first kappa shape index (κ1) is 14.2. The second-order valence-corrected chi connectivity index (χ2v) is 5.41. The molecule has 1 aromatic carbocycles. The fourth-order valence-electron chi connectivity index (χ4n) is 2.08. The minimum absolute atomic E-state index is 0.0798. The van der Waals surface area contributed by atoms with E-state index < -0.39 is 0 Å². The summed E-state index contributed by atoms with van der Waals surface area (Å²) in [4.78, 5) is 4.40. The molecule has 2 aromatic rings. The van der Waals surface area contributed by atoms with Crippen LogP contribution in [0.3, 0.4) is 0 Å². The highest BCUT2D eigenvalue weighted by Crippen LogP contribution is 2.21. The van der Waals surface area contributed by atoms with Crippen molar-refractivity contribution in [3.05, 3.63) is 63.9 Å². The Kier molecular flexibility index (Phi) is 5.07. The molecule has 0 aliphatic rings. The van der Waals surface area contributed by atoms with Crippen LogP contribution in [0, 0.1) is 0 Å². The Bertz CT molecular complexity index is 508. The standard InChI is InChI=1S/C15H18BrN3/c1-2-3-11-4-6-12(7-5-11)15(19-17)14-9-8-13(16)10-18-14/h4-10,15,19H,2-3,17H2,1H3. The number of nitrogens with zero attached hydrogens (tertiary/aromatic N) is 1. The molecule has 0 fully saturated rings. The molecule has 1 heterocycles. The minimum Gasteiger partial charge on any atom is -0.271 e. The van der Waals surface area contributed by atoms with E-state index in [1.165, 1.54) is 5.56 Å². The SMILES string of the molecule is CCCc1ccc(C(NN)c2ccc(Br)cn2)cc1. The van der Waals surface area contributed by atoms with E-state index in [2.05, 4.69) is 57.5 Å². The number of hydrazine groups is 1. The summed E-state index contributed by atoms with van der Waals surface area (Å²) in [6.45, 7) is 2.18. The molecule has 0 spiro atoms. The van der Waals surface area contributed by atoms with Gasteiger partial charge in [-0.05, 0) is 45.6 Å². The van der Waals surface area contributed by atoms with Gasteiger partial charge in [0.05, 0.1) is 11.7 Å². The van der Waals surface area contributed by atoms with Crippen molar-refractivity contribution in [1.29, 1.82) is 0 Å². The van der Waals surface area contributed by atoms with Crippen molar-refractivity contribution in [2.45, 2.75) is 25.8 Å². The predicted octanol–water partition coefficient (Wildman–Crippen LogP) is 3.35. The quantitative estimate of drug-likeness (QED) is 0.656. The highest BCUT2D eigenvalue weighted by molar-refractivity contribution is 9.10. The molecule has 0 bridgehead atoms. The third-order valence-electron chi connectivity index (χ3n) is 3.06. The fourth-order valence-corrected chi connectivity index (χ4v) is 2.31. The Hall–Kier alpha value is -1.23. The summed E-state index contributed by atoms with van der Waals surface area (Å²) in [5.41, 5.74) is 6.21. The molecule has 3 nitrogen and oxygen atoms in total. The van der Waals surface area contributed by atoms with Gasteiger partial charge in [0.25, 0.3) is 0 Å². The largest absolute Gasteiger partial charge is 0.271 e. The molecule has 19 heavy (non-hydrogen) atoms. The lowest BCUT2D eigenvalue weighted by Crippen LogP contribution is -2.29. The van der Waals surface area contributed by atoms with Crippen LogP contribution in [0.25, 0.3) is 0 Å². The molecule has 1 atom stereocenters. The van der Waals surface area contributed by atoms with Gasteiger partial charge in [-0.1, -0.05) is 37.6 Å². The number of aromatic nitrogens is 1. The van der Waals surface area contributed by atoms with E-state index >= 15 is 0 Å². The normalized spacial score (nSPS) is 12.4. The van der Waals surface area contributed by atoms with Crippen molar-refractivity contribution in [1.82, 2.24) is 10.4 Å². The second kappa shape index (κ2) is 6.80. The molecule has 1 aromatic heterocycles. The van der Waals surface area contributed by atoms with Gasteiger partial charge >= 0.3 is 0 Å². The number of nitrogens with one attached hydrogen (secondary N) is 1. The summed E-state index contributed by atoms with van der Waals surface area (Å²) < 4.78 is 0.963. The van der Waals surface area contributed by atoms with Crippen molar-refractivity contribution in [3.63, 3.8) is 0 Å². The maximum Gasteiger partial charge on any atom is 0.0881 e. The lowest BCUT2D eigenvalue weighted by Gasteiger charge is -2.16. The number of hydrogen-bond donors (Lipinski definition) is 2. The third-order valence-corrected chi connectivity index (χ3v) is 3.53. The van der Waals surface area contributed by atoms with Gasteiger partial charge < -0.3 is 0 Å². The number of nitrogens with two attached hydrogens (primary N) is 1. The lowest BCUT2D eigenvalue weighted by molar-refractivity contribution is 0.620. The van der Waals surface area contributed by atoms with E-state index in [0.717, 1.165) is 28.6 Å². The van der Waals surface area contributed by atoms with Gasteiger partial charge in [-0.15, -0.1) is 0 Å². The van der Waals surface area contributed by atoms with Crippen LogP contribution < -0.4 is 11.3 Å². The van der Waals surface area contributed by atoms with Crippen molar-refractivity contribution >= 4 is 15.9 Å². The molecule has 2 rings (SSSR count). The topological polar surface area (TPSA) is 50.9 Å².